The molecule has 2 N–H and O–H groups in total. The number of nitrogens with one attached hydrogen (secondary N) is 1. The van der Waals surface area contributed by atoms with Crippen molar-refractivity contribution in [3.8, 4) is 0 Å². The van der Waals surface area contributed by atoms with Crippen molar-refractivity contribution >= 4 is 40.8 Å². The van der Waals surface area contributed by atoms with Crippen molar-refractivity contribution < 1.29 is 32.6 Å². The number of hydrogen-bond donors (Lipinski definition) is 2. The normalized spacial score (nSPS) is 14.0. The Morgan fingerprint density at radius 3 is 2.35 bits per heavy atom. The zero-order valence-electron chi connectivity index (χ0n) is 11.7. The Hall–Kier alpha value is -1.51. The molecule has 0 bridgehead atoms. The van der Waals surface area contributed by atoms with Crippen molar-refractivity contribution in [1.82, 2.24) is 0 Å². The molecule has 1 amide bonds. The van der Waals surface area contributed by atoms with Gasteiger partial charge in [-0.15, -0.1) is 0 Å². The van der Waals surface area contributed by atoms with E-state index in [9.17, 15) is 27.9 Å². The molecule has 0 saturated heterocycles. The van der Waals surface area contributed by atoms with Crippen molar-refractivity contribution in [1.29, 1.82) is 0 Å². The fourth-order valence-corrected chi connectivity index (χ4v) is 1.85. The number of rotatable bonds is 5. The minimum Gasteiger partial charge on any atom is -0.464 e. The summed E-state index contributed by atoms with van der Waals surface area (Å²) in [6.45, 7) is 0.885. The second-order valence-electron chi connectivity index (χ2n) is 4.43. The molecule has 0 aliphatic heterocycles. The van der Waals surface area contributed by atoms with Crippen LogP contribution in [0.25, 0.3) is 0 Å². The third kappa shape index (κ3) is 4.73. The number of benzene rings is 1. The predicted octanol–water partition coefficient (Wildman–Crippen LogP) is 3.18. The number of aliphatic hydroxyl groups is 1. The monoisotopic (exact) mass is 373 g/mol. The number of alkyl halides is 3. The second-order valence-corrected chi connectivity index (χ2v) is 5.25. The van der Waals surface area contributed by atoms with Gasteiger partial charge in [-0.05, 0) is 25.1 Å². The van der Waals surface area contributed by atoms with E-state index < -0.39 is 30.1 Å². The van der Waals surface area contributed by atoms with E-state index in [1.807, 2.05) is 0 Å². The Kier molecular flexibility index (Phi) is 6.26. The van der Waals surface area contributed by atoms with Gasteiger partial charge in [-0.25, -0.2) is 4.79 Å². The van der Waals surface area contributed by atoms with Crippen molar-refractivity contribution in [2.24, 2.45) is 0 Å². The summed E-state index contributed by atoms with van der Waals surface area (Å²) in [7, 11) is 0. The average Bonchev–Trinajstić information content (AvgIpc) is 2.41. The summed E-state index contributed by atoms with van der Waals surface area (Å²) in [5.41, 5.74) is -3.89. The number of ether oxygens (including phenoxy) is 1. The van der Waals surface area contributed by atoms with E-state index in [4.69, 9.17) is 23.2 Å². The van der Waals surface area contributed by atoms with Gasteiger partial charge in [-0.1, -0.05) is 23.2 Å². The van der Waals surface area contributed by atoms with Crippen LogP contribution < -0.4 is 5.32 Å². The highest BCUT2D eigenvalue weighted by molar-refractivity contribution is 6.42. The van der Waals surface area contributed by atoms with Crippen LogP contribution in [0.5, 0.6) is 0 Å². The molecule has 0 aliphatic carbocycles. The SMILES string of the molecule is CCOC(=O)[C@](O)(CC(=O)Nc1ccc(Cl)c(Cl)c1)C(F)(F)F. The zero-order chi connectivity index (χ0) is 17.8. The van der Waals surface area contributed by atoms with Gasteiger partial charge in [0, 0.05) is 5.69 Å². The Labute approximate surface area is 139 Å². The maximum absolute atomic E-state index is 12.9. The molecule has 23 heavy (non-hydrogen) atoms. The molecular formula is C13H12Cl2F3NO4. The number of carbonyl (C=O) groups excluding carboxylic acids is 2. The number of esters is 1. The third-order valence-corrected chi connectivity index (χ3v) is 3.44. The Morgan fingerprint density at radius 1 is 1.26 bits per heavy atom. The van der Waals surface area contributed by atoms with Crippen LogP contribution in [-0.4, -0.2) is 35.4 Å². The first-order valence-corrected chi connectivity index (χ1v) is 6.98. The number of amides is 1. The van der Waals surface area contributed by atoms with Gasteiger partial charge in [0.15, 0.2) is 0 Å². The molecule has 1 aromatic carbocycles. The maximum Gasteiger partial charge on any atom is 0.428 e. The van der Waals surface area contributed by atoms with Gasteiger partial charge < -0.3 is 15.2 Å². The summed E-state index contributed by atoms with van der Waals surface area (Å²) in [5, 5.41) is 11.9. The molecule has 0 saturated carbocycles. The summed E-state index contributed by atoms with van der Waals surface area (Å²) < 4.78 is 43.0. The second kappa shape index (κ2) is 7.37. The van der Waals surface area contributed by atoms with Crippen LogP contribution in [0.15, 0.2) is 18.2 Å². The lowest BCUT2D eigenvalue weighted by Crippen LogP contribution is -2.54. The minimum atomic E-state index is -5.38. The van der Waals surface area contributed by atoms with Gasteiger partial charge in [0.05, 0.1) is 23.1 Å². The van der Waals surface area contributed by atoms with E-state index in [1.54, 1.807) is 0 Å². The summed E-state index contributed by atoms with van der Waals surface area (Å²) >= 11 is 11.4. The molecule has 1 atom stereocenters. The first kappa shape index (κ1) is 19.5. The van der Waals surface area contributed by atoms with E-state index in [2.05, 4.69) is 10.1 Å². The molecule has 0 spiro atoms. The van der Waals surface area contributed by atoms with E-state index >= 15 is 0 Å². The highest BCUT2D eigenvalue weighted by atomic mass is 35.5. The van der Waals surface area contributed by atoms with Crippen LogP contribution in [0, 0.1) is 0 Å². The summed E-state index contributed by atoms with van der Waals surface area (Å²) in [4.78, 5) is 23.1. The highest BCUT2D eigenvalue weighted by Gasteiger charge is 2.61. The van der Waals surface area contributed by atoms with Gasteiger partial charge in [0.25, 0.3) is 5.60 Å². The molecule has 1 aromatic rings. The molecule has 0 aliphatic rings. The molecule has 0 unspecified atom stereocenters. The minimum absolute atomic E-state index is 0.0535. The van der Waals surface area contributed by atoms with E-state index in [-0.39, 0.29) is 22.3 Å². The summed E-state index contributed by atoms with van der Waals surface area (Å²) in [6.07, 6.45) is -6.94. The Morgan fingerprint density at radius 2 is 1.87 bits per heavy atom. The molecule has 0 aromatic heterocycles. The van der Waals surface area contributed by atoms with Crippen LogP contribution in [-0.2, 0) is 14.3 Å². The van der Waals surface area contributed by atoms with E-state index in [0.717, 1.165) is 0 Å². The Balaban J connectivity index is 2.93. The van der Waals surface area contributed by atoms with E-state index in [1.165, 1.54) is 25.1 Å². The number of anilines is 1. The van der Waals surface area contributed by atoms with Crippen LogP contribution in [0.4, 0.5) is 18.9 Å². The van der Waals surface area contributed by atoms with Gasteiger partial charge in [-0.2, -0.15) is 13.2 Å². The molecule has 10 heteroatoms. The lowest BCUT2D eigenvalue weighted by molar-refractivity contribution is -0.262. The molecule has 128 valence electrons. The maximum atomic E-state index is 12.9. The lowest BCUT2D eigenvalue weighted by atomic mass is 9.98. The van der Waals surface area contributed by atoms with Crippen molar-refractivity contribution in [3.63, 3.8) is 0 Å². The molecule has 0 heterocycles. The first-order valence-electron chi connectivity index (χ1n) is 6.22. The number of halogens is 5. The van der Waals surface area contributed by atoms with Crippen LogP contribution in [0.3, 0.4) is 0 Å². The third-order valence-electron chi connectivity index (χ3n) is 2.70. The van der Waals surface area contributed by atoms with Gasteiger partial charge >= 0.3 is 12.1 Å². The average molecular weight is 374 g/mol. The van der Waals surface area contributed by atoms with Crippen molar-refractivity contribution in [2.75, 3.05) is 11.9 Å². The van der Waals surface area contributed by atoms with E-state index in [0.29, 0.717) is 0 Å². The largest absolute Gasteiger partial charge is 0.464 e. The van der Waals surface area contributed by atoms with Crippen molar-refractivity contribution in [2.45, 2.75) is 25.1 Å². The summed E-state index contributed by atoms with van der Waals surface area (Å²) in [5.74, 6) is -3.20. The Bertz CT molecular complexity index is 609. The van der Waals surface area contributed by atoms with Gasteiger partial charge in [0.2, 0.25) is 5.91 Å². The zero-order valence-corrected chi connectivity index (χ0v) is 13.2. The van der Waals surface area contributed by atoms with Crippen LogP contribution in [0.2, 0.25) is 10.0 Å². The number of hydrogen-bond acceptors (Lipinski definition) is 4. The topological polar surface area (TPSA) is 75.6 Å². The van der Waals surface area contributed by atoms with Gasteiger partial charge in [-0.3, -0.25) is 4.79 Å². The molecular weight excluding hydrogens is 362 g/mol. The van der Waals surface area contributed by atoms with Gasteiger partial charge in [0.1, 0.15) is 0 Å². The lowest BCUT2D eigenvalue weighted by Gasteiger charge is -2.27. The molecule has 0 radical (unpaired) electrons. The smallest absolute Gasteiger partial charge is 0.428 e. The standard InChI is InChI=1S/C13H12Cl2F3NO4/c1-2-23-11(21)12(22,13(16,17)18)6-10(20)19-7-3-4-8(14)9(15)5-7/h3-5,22H,2,6H2,1H3,(H,19,20)/t12-/m1/s1. The fourth-order valence-electron chi connectivity index (χ4n) is 1.55. The molecule has 5 nitrogen and oxygen atoms in total. The molecule has 0 fully saturated rings. The number of carbonyl (C=O) groups is 2. The van der Waals surface area contributed by atoms with Crippen LogP contribution >= 0.6 is 23.2 Å². The predicted molar refractivity (Wildman–Crippen MR) is 77.3 cm³/mol. The molecule has 1 rings (SSSR count). The van der Waals surface area contributed by atoms with Crippen molar-refractivity contribution in [3.05, 3.63) is 28.2 Å². The highest BCUT2D eigenvalue weighted by Crippen LogP contribution is 2.35. The summed E-state index contributed by atoms with van der Waals surface area (Å²) in [6, 6.07) is 3.82. The quantitative estimate of drug-likeness (QED) is 0.777. The first-order chi connectivity index (χ1) is 10.5. The fraction of sp³-hybridized carbons (Fsp3) is 0.385. The van der Waals surface area contributed by atoms with Crippen LogP contribution in [0.1, 0.15) is 13.3 Å².